The molecule has 0 unspecified atom stereocenters. The van der Waals surface area contributed by atoms with Crippen LogP contribution in [0.1, 0.15) is 35.7 Å². The maximum absolute atomic E-state index is 9.06. The van der Waals surface area contributed by atoms with Crippen LogP contribution in [0.15, 0.2) is 49.1 Å². The molecule has 2 heterocycles. The smallest absolute Gasteiger partial charge is 0.142 e. The number of rotatable bonds is 5. The number of carbonyl (C=O) groups is 1. The molecule has 6 nitrogen and oxygen atoms in total. The largest absolute Gasteiger partial charge is 0.398 e. The second-order valence-electron chi connectivity index (χ2n) is 9.76. The zero-order chi connectivity index (χ0) is 25.3. The van der Waals surface area contributed by atoms with Crippen molar-refractivity contribution in [2.24, 2.45) is 5.41 Å². The van der Waals surface area contributed by atoms with E-state index in [2.05, 4.69) is 42.3 Å². The van der Waals surface area contributed by atoms with Gasteiger partial charge in [0, 0.05) is 52.9 Å². The number of hydrogen-bond donors (Lipinski definition) is 2. The fourth-order valence-electron chi connectivity index (χ4n) is 5.68. The quantitative estimate of drug-likeness (QED) is 0.208. The zero-order valence-electron chi connectivity index (χ0n) is 20.5. The van der Waals surface area contributed by atoms with Crippen molar-refractivity contribution in [1.82, 2.24) is 14.7 Å². The fraction of sp³-hybridized carbons (Fsp3) is 0.321. The molecule has 1 aliphatic heterocycles. The zero-order valence-corrected chi connectivity index (χ0v) is 21.3. The molecule has 7 heteroatoms. The second kappa shape index (κ2) is 9.80. The second-order valence-corrected chi connectivity index (χ2v) is 10.1. The average Bonchev–Trinajstić information content (AvgIpc) is 3.14. The van der Waals surface area contributed by atoms with Gasteiger partial charge in [0.25, 0.3) is 0 Å². The van der Waals surface area contributed by atoms with Crippen LogP contribution in [0.5, 0.6) is 0 Å². The molecule has 2 aromatic carbocycles. The number of aromatic nitrogens is 2. The minimum atomic E-state index is 0.397. The number of carbonyl (C=O) groups excluding carboxylic acids is 1. The summed E-state index contributed by atoms with van der Waals surface area (Å²) in [6, 6.07) is 12.5. The third kappa shape index (κ3) is 4.44. The minimum absolute atomic E-state index is 0.397. The molecule has 0 amide bonds. The van der Waals surface area contributed by atoms with E-state index in [9.17, 15) is 0 Å². The molecule has 2 aliphatic rings. The van der Waals surface area contributed by atoms with E-state index in [-0.39, 0.29) is 0 Å². The summed E-state index contributed by atoms with van der Waals surface area (Å²) in [5.41, 5.74) is 13.7. The average molecular weight is 490 g/mol. The van der Waals surface area contributed by atoms with Crippen LogP contribution >= 0.6 is 11.6 Å². The van der Waals surface area contributed by atoms with E-state index in [0.29, 0.717) is 34.0 Å². The van der Waals surface area contributed by atoms with Crippen molar-refractivity contribution >= 4 is 29.8 Å². The Morgan fingerprint density at radius 3 is 2.37 bits per heavy atom. The number of benzene rings is 2. The van der Waals surface area contributed by atoms with E-state index in [0.717, 1.165) is 46.5 Å². The molecule has 1 aromatic heterocycles. The Hall–Kier alpha value is -3.22. The van der Waals surface area contributed by atoms with Gasteiger partial charge in [-0.05, 0) is 56.9 Å². The predicted molar refractivity (Wildman–Crippen MR) is 144 cm³/mol. The van der Waals surface area contributed by atoms with Gasteiger partial charge in [-0.3, -0.25) is 9.48 Å². The summed E-state index contributed by atoms with van der Waals surface area (Å²) < 4.78 is 2.20. The first-order valence-electron chi connectivity index (χ1n) is 11.7. The molecular formula is C28H32ClN5O. The van der Waals surface area contributed by atoms with E-state index >= 15 is 0 Å². The molecule has 0 radical (unpaired) electrons. The van der Waals surface area contributed by atoms with Crippen molar-refractivity contribution in [1.29, 1.82) is 5.41 Å². The van der Waals surface area contributed by atoms with E-state index in [1.54, 1.807) is 0 Å². The van der Waals surface area contributed by atoms with Crippen LogP contribution in [0.4, 0.5) is 5.69 Å². The van der Waals surface area contributed by atoms with Gasteiger partial charge in [0.15, 0.2) is 0 Å². The Morgan fingerprint density at radius 2 is 1.83 bits per heavy atom. The Morgan fingerprint density at radius 1 is 1.20 bits per heavy atom. The highest BCUT2D eigenvalue weighted by Gasteiger charge is 2.52. The van der Waals surface area contributed by atoms with Crippen LogP contribution < -0.4 is 5.73 Å². The molecule has 1 saturated carbocycles. The molecule has 0 atom stereocenters. The number of nitrogens with one attached hydrogen (secondary N) is 1. The number of nitrogens with two attached hydrogens (primary N) is 1. The third-order valence-electron chi connectivity index (χ3n) is 7.10. The predicted octanol–water partition coefficient (Wildman–Crippen LogP) is 5.71. The lowest BCUT2D eigenvalue weighted by Gasteiger charge is -2.58. The van der Waals surface area contributed by atoms with E-state index < -0.39 is 0 Å². The minimum Gasteiger partial charge on any atom is -0.398 e. The molecule has 3 aromatic rings. The standard InChI is InChI=1S/C25H28ClN5.C3H4O/c1-15-9-20(28)19(12-27)22(23(15)26)21-16(2)31(18-10-25(11-18)13-30(3)14-25)29-24(21)17-7-5-4-6-8-17;1-2-3-4/h4-9,12,18,27H,10-11,13-14,28H2,1-3H3;2-3H,1H2. The molecule has 35 heavy (non-hydrogen) atoms. The van der Waals surface area contributed by atoms with Gasteiger partial charge in [0.2, 0.25) is 0 Å². The van der Waals surface area contributed by atoms with Crippen molar-refractivity contribution in [2.75, 3.05) is 25.9 Å². The van der Waals surface area contributed by atoms with Gasteiger partial charge in [-0.25, -0.2) is 0 Å². The summed E-state index contributed by atoms with van der Waals surface area (Å²) in [5.74, 6) is 0. The summed E-state index contributed by atoms with van der Waals surface area (Å²) in [7, 11) is 2.19. The van der Waals surface area contributed by atoms with Gasteiger partial charge in [0.05, 0.1) is 11.1 Å². The number of halogens is 1. The number of likely N-dealkylation sites (tertiary alicyclic amines) is 1. The van der Waals surface area contributed by atoms with E-state index in [4.69, 9.17) is 32.6 Å². The summed E-state index contributed by atoms with van der Waals surface area (Å²) >= 11 is 6.84. The van der Waals surface area contributed by atoms with Crippen LogP contribution in [0.3, 0.4) is 0 Å². The molecule has 2 fully saturated rings. The van der Waals surface area contributed by atoms with E-state index in [1.807, 2.05) is 31.2 Å². The maximum Gasteiger partial charge on any atom is 0.142 e. The van der Waals surface area contributed by atoms with Crippen molar-refractivity contribution in [3.05, 3.63) is 70.9 Å². The highest BCUT2D eigenvalue weighted by Crippen LogP contribution is 2.55. The molecule has 3 N–H and O–H groups in total. The van der Waals surface area contributed by atoms with Crippen LogP contribution in [0.2, 0.25) is 5.02 Å². The van der Waals surface area contributed by atoms with Crippen molar-refractivity contribution in [3.63, 3.8) is 0 Å². The Labute approximate surface area is 211 Å². The molecule has 182 valence electrons. The molecule has 5 rings (SSSR count). The topological polar surface area (TPSA) is 88.0 Å². The molecule has 1 spiro atoms. The van der Waals surface area contributed by atoms with Crippen molar-refractivity contribution in [2.45, 2.75) is 32.7 Å². The van der Waals surface area contributed by atoms with Gasteiger partial charge in [-0.2, -0.15) is 5.10 Å². The Kier molecular flexibility index (Phi) is 6.97. The van der Waals surface area contributed by atoms with Crippen molar-refractivity contribution < 1.29 is 4.79 Å². The highest BCUT2D eigenvalue weighted by molar-refractivity contribution is 6.35. The number of nitrogen functional groups attached to an aromatic ring is 1. The first-order valence-corrected chi connectivity index (χ1v) is 12.1. The summed E-state index contributed by atoms with van der Waals surface area (Å²) in [6.45, 7) is 9.55. The molecule has 1 aliphatic carbocycles. The maximum atomic E-state index is 9.06. The van der Waals surface area contributed by atoms with Crippen LogP contribution in [-0.4, -0.2) is 47.3 Å². The van der Waals surface area contributed by atoms with Gasteiger partial charge < -0.3 is 16.0 Å². The monoisotopic (exact) mass is 489 g/mol. The van der Waals surface area contributed by atoms with Crippen LogP contribution in [-0.2, 0) is 4.79 Å². The lowest BCUT2D eigenvalue weighted by molar-refractivity contribution is -0.104. The summed E-state index contributed by atoms with van der Waals surface area (Å²) in [6.07, 6.45) is 5.47. The summed E-state index contributed by atoms with van der Waals surface area (Å²) in [4.78, 5) is 11.4. The highest BCUT2D eigenvalue weighted by atomic mass is 35.5. The number of allylic oxidation sites excluding steroid dienone is 1. The summed E-state index contributed by atoms with van der Waals surface area (Å²) in [5, 5.41) is 13.8. The number of aldehydes is 1. The first-order chi connectivity index (χ1) is 16.7. The van der Waals surface area contributed by atoms with Crippen LogP contribution in [0.25, 0.3) is 22.4 Å². The Balaban J connectivity index is 0.000000672. The number of hydrogen-bond acceptors (Lipinski definition) is 5. The third-order valence-corrected chi connectivity index (χ3v) is 7.59. The van der Waals surface area contributed by atoms with Gasteiger partial charge in [-0.15, -0.1) is 0 Å². The molecule has 0 bridgehead atoms. The lowest BCUT2D eigenvalue weighted by Crippen LogP contribution is -2.60. The van der Waals surface area contributed by atoms with E-state index in [1.165, 1.54) is 25.4 Å². The fourth-order valence-corrected chi connectivity index (χ4v) is 5.93. The van der Waals surface area contributed by atoms with Crippen LogP contribution in [0, 0.1) is 24.7 Å². The van der Waals surface area contributed by atoms with Gasteiger partial charge >= 0.3 is 0 Å². The first kappa shape index (κ1) is 24.9. The molecular weight excluding hydrogens is 458 g/mol. The number of nitrogens with zero attached hydrogens (tertiary/aromatic N) is 3. The molecule has 1 saturated heterocycles. The normalized spacial score (nSPS) is 16.6. The SMILES string of the molecule is C=CC=O.Cc1cc(N)c(C=N)c(-c2c(-c3ccccc3)nn(C3CC4(C3)CN(C)C4)c2C)c1Cl. The lowest BCUT2D eigenvalue weighted by atomic mass is 9.61. The Bertz CT molecular complexity index is 1260. The van der Waals surface area contributed by atoms with Gasteiger partial charge in [-0.1, -0.05) is 48.5 Å². The number of anilines is 1. The number of aryl methyl sites for hydroxylation is 1. The van der Waals surface area contributed by atoms with Gasteiger partial charge in [0.1, 0.15) is 12.0 Å². The van der Waals surface area contributed by atoms with Crippen molar-refractivity contribution in [3.8, 4) is 22.4 Å².